The summed E-state index contributed by atoms with van der Waals surface area (Å²) in [5.41, 5.74) is 6.42. The Morgan fingerprint density at radius 1 is 1.61 bits per heavy atom. The summed E-state index contributed by atoms with van der Waals surface area (Å²) in [6.07, 6.45) is 1.07. The molecule has 1 saturated heterocycles. The minimum absolute atomic E-state index is 0.111. The van der Waals surface area contributed by atoms with Gasteiger partial charge in [0.2, 0.25) is 10.0 Å². The fraction of sp³-hybridized carbons (Fsp3) is 0.700. The molecule has 4 N–H and O–H groups in total. The van der Waals surface area contributed by atoms with Gasteiger partial charge in [0.05, 0.1) is 11.4 Å². The molecule has 8 heteroatoms. The molecule has 1 fully saturated rings. The van der Waals surface area contributed by atoms with Gasteiger partial charge in [-0.3, -0.25) is 5.10 Å². The summed E-state index contributed by atoms with van der Waals surface area (Å²) in [5.74, 6) is 2.57. The van der Waals surface area contributed by atoms with Crippen molar-refractivity contribution in [2.45, 2.75) is 24.8 Å². The maximum absolute atomic E-state index is 12.2. The predicted molar refractivity (Wildman–Crippen MR) is 71.8 cm³/mol. The number of aryl methyl sites for hydroxylation is 1. The first kappa shape index (κ1) is 13.9. The second kappa shape index (κ2) is 5.60. The molecule has 1 aromatic heterocycles. The van der Waals surface area contributed by atoms with Crippen LogP contribution in [0.4, 0.5) is 0 Å². The van der Waals surface area contributed by atoms with E-state index in [1.54, 1.807) is 6.92 Å². The van der Waals surface area contributed by atoms with Crippen LogP contribution in [-0.4, -0.2) is 36.7 Å². The normalized spacial score (nSPS) is 20.4. The fourth-order valence-corrected chi connectivity index (χ4v) is 4.78. The van der Waals surface area contributed by atoms with E-state index in [0.717, 1.165) is 17.9 Å². The van der Waals surface area contributed by atoms with Crippen LogP contribution in [-0.2, 0) is 16.6 Å². The molecule has 0 aromatic carbocycles. The molecule has 0 saturated carbocycles. The molecule has 1 atom stereocenters. The molecule has 0 spiro atoms. The highest BCUT2D eigenvalue weighted by molar-refractivity contribution is 7.99. The molecule has 2 rings (SSSR count). The number of H-pyrrole nitrogens is 1. The molecule has 18 heavy (non-hydrogen) atoms. The smallest absolute Gasteiger partial charge is 0.244 e. The lowest BCUT2D eigenvalue weighted by atomic mass is 10.1. The van der Waals surface area contributed by atoms with Crippen LogP contribution < -0.4 is 10.5 Å². The van der Waals surface area contributed by atoms with Gasteiger partial charge in [-0.15, -0.1) is 0 Å². The Bertz CT molecular complexity index is 506. The van der Waals surface area contributed by atoms with Crippen molar-refractivity contribution >= 4 is 21.8 Å². The van der Waals surface area contributed by atoms with Crippen molar-refractivity contribution in [3.63, 3.8) is 0 Å². The second-order valence-corrected chi connectivity index (χ2v) is 7.26. The summed E-state index contributed by atoms with van der Waals surface area (Å²) in [5, 5.41) is 6.58. The van der Waals surface area contributed by atoms with Crippen molar-refractivity contribution in [2.75, 3.05) is 18.1 Å². The first-order chi connectivity index (χ1) is 8.54. The minimum Gasteiger partial charge on any atom is -0.325 e. The lowest BCUT2D eigenvalue weighted by Gasteiger charge is -2.11. The monoisotopic (exact) mass is 290 g/mol. The Morgan fingerprint density at radius 2 is 2.39 bits per heavy atom. The Morgan fingerprint density at radius 3 is 3.00 bits per heavy atom. The number of aromatic nitrogens is 2. The Balaban J connectivity index is 2.11. The average Bonchev–Trinajstić information content (AvgIpc) is 2.95. The Hall–Kier alpha value is -0.570. The quantitative estimate of drug-likeness (QED) is 0.719. The summed E-state index contributed by atoms with van der Waals surface area (Å²) in [6, 6.07) is 0. The van der Waals surface area contributed by atoms with Gasteiger partial charge in [0.15, 0.2) is 0 Å². The van der Waals surface area contributed by atoms with E-state index in [0.29, 0.717) is 23.9 Å². The number of nitrogens with one attached hydrogen (secondary N) is 2. The highest BCUT2D eigenvalue weighted by Crippen LogP contribution is 2.23. The molecule has 1 aromatic rings. The van der Waals surface area contributed by atoms with Gasteiger partial charge >= 0.3 is 0 Å². The summed E-state index contributed by atoms with van der Waals surface area (Å²) in [6.45, 7) is 2.29. The van der Waals surface area contributed by atoms with E-state index in [2.05, 4.69) is 14.9 Å². The van der Waals surface area contributed by atoms with E-state index in [-0.39, 0.29) is 11.4 Å². The van der Waals surface area contributed by atoms with Crippen molar-refractivity contribution in [1.82, 2.24) is 14.9 Å². The van der Waals surface area contributed by atoms with Gasteiger partial charge in [0.25, 0.3) is 0 Å². The van der Waals surface area contributed by atoms with E-state index in [9.17, 15) is 8.42 Å². The number of thioether (sulfide) groups is 1. The van der Waals surface area contributed by atoms with Crippen LogP contribution in [0.3, 0.4) is 0 Å². The third-order valence-corrected chi connectivity index (χ3v) is 5.87. The van der Waals surface area contributed by atoms with Crippen molar-refractivity contribution in [3.8, 4) is 0 Å². The number of nitrogens with two attached hydrogens (primary N) is 1. The van der Waals surface area contributed by atoms with Crippen LogP contribution in [0.5, 0.6) is 0 Å². The zero-order valence-electron chi connectivity index (χ0n) is 10.3. The third kappa shape index (κ3) is 2.87. The third-order valence-electron chi connectivity index (χ3n) is 3.01. The highest BCUT2D eigenvalue weighted by atomic mass is 32.2. The molecule has 0 bridgehead atoms. The molecule has 1 aliphatic rings. The zero-order valence-corrected chi connectivity index (χ0v) is 11.9. The van der Waals surface area contributed by atoms with Crippen molar-refractivity contribution < 1.29 is 8.42 Å². The molecule has 1 unspecified atom stereocenters. The van der Waals surface area contributed by atoms with E-state index in [4.69, 9.17) is 5.73 Å². The maximum Gasteiger partial charge on any atom is 0.244 e. The standard InChI is InChI=1S/C10H18N4O2S2/c1-7-10(9(4-11)14-13-7)18(15,16)12-5-8-2-3-17-6-8/h8,12H,2-6,11H2,1H3,(H,13,14). The second-order valence-electron chi connectivity index (χ2n) is 4.41. The average molecular weight is 290 g/mol. The van der Waals surface area contributed by atoms with E-state index in [1.165, 1.54) is 0 Å². The topological polar surface area (TPSA) is 101 Å². The maximum atomic E-state index is 12.2. The molecule has 0 amide bonds. The zero-order chi connectivity index (χ0) is 13.2. The molecular weight excluding hydrogens is 272 g/mol. The molecule has 2 heterocycles. The van der Waals surface area contributed by atoms with Gasteiger partial charge < -0.3 is 5.73 Å². The number of sulfonamides is 1. The van der Waals surface area contributed by atoms with Gasteiger partial charge in [-0.05, 0) is 30.8 Å². The van der Waals surface area contributed by atoms with Gasteiger partial charge in [-0.1, -0.05) is 0 Å². The number of hydrogen-bond donors (Lipinski definition) is 3. The summed E-state index contributed by atoms with van der Waals surface area (Å²) >= 11 is 1.87. The molecule has 102 valence electrons. The minimum atomic E-state index is -3.51. The van der Waals surface area contributed by atoms with Gasteiger partial charge in [0.1, 0.15) is 4.90 Å². The SMILES string of the molecule is Cc1[nH]nc(CN)c1S(=O)(=O)NCC1CCSC1. The van der Waals surface area contributed by atoms with Crippen molar-refractivity contribution in [2.24, 2.45) is 11.7 Å². The number of aromatic amines is 1. The fourth-order valence-electron chi connectivity index (χ4n) is 2.01. The Labute approximate surface area is 111 Å². The lowest BCUT2D eigenvalue weighted by Crippen LogP contribution is -2.30. The number of nitrogens with zero attached hydrogens (tertiary/aromatic N) is 1. The van der Waals surface area contributed by atoms with Crippen molar-refractivity contribution in [3.05, 3.63) is 11.4 Å². The summed E-state index contributed by atoms with van der Waals surface area (Å²) < 4.78 is 27.1. The van der Waals surface area contributed by atoms with Crippen LogP contribution in [0.15, 0.2) is 4.90 Å². The van der Waals surface area contributed by atoms with Gasteiger partial charge in [-0.25, -0.2) is 13.1 Å². The molecular formula is C10H18N4O2S2. The first-order valence-electron chi connectivity index (χ1n) is 5.86. The molecule has 0 aliphatic carbocycles. The van der Waals surface area contributed by atoms with Gasteiger partial charge in [-0.2, -0.15) is 16.9 Å². The predicted octanol–water partition coefficient (Wildman–Crippen LogP) is 0.208. The molecule has 1 aliphatic heterocycles. The number of hydrogen-bond acceptors (Lipinski definition) is 5. The highest BCUT2D eigenvalue weighted by Gasteiger charge is 2.25. The Kier molecular flexibility index (Phi) is 4.31. The summed E-state index contributed by atoms with van der Waals surface area (Å²) in [4.78, 5) is 0.204. The van der Waals surface area contributed by atoms with Gasteiger partial charge in [0, 0.05) is 13.1 Å². The molecule has 0 radical (unpaired) electrons. The van der Waals surface area contributed by atoms with Crippen LogP contribution in [0.2, 0.25) is 0 Å². The van der Waals surface area contributed by atoms with Crippen LogP contribution in [0.25, 0.3) is 0 Å². The number of rotatable bonds is 5. The largest absolute Gasteiger partial charge is 0.325 e. The molecule has 6 nitrogen and oxygen atoms in total. The van der Waals surface area contributed by atoms with Crippen LogP contribution in [0, 0.1) is 12.8 Å². The van der Waals surface area contributed by atoms with Crippen LogP contribution >= 0.6 is 11.8 Å². The van der Waals surface area contributed by atoms with E-state index >= 15 is 0 Å². The van der Waals surface area contributed by atoms with Crippen LogP contribution in [0.1, 0.15) is 17.8 Å². The lowest BCUT2D eigenvalue weighted by molar-refractivity contribution is 0.544. The van der Waals surface area contributed by atoms with E-state index < -0.39 is 10.0 Å². The van der Waals surface area contributed by atoms with E-state index in [1.807, 2.05) is 11.8 Å². The first-order valence-corrected chi connectivity index (χ1v) is 8.49. The summed E-state index contributed by atoms with van der Waals surface area (Å²) in [7, 11) is -3.51. The van der Waals surface area contributed by atoms with Crippen molar-refractivity contribution in [1.29, 1.82) is 0 Å².